The molecule has 0 saturated carbocycles. The molecular weight excluding hydrogens is 364 g/mol. The van der Waals surface area contributed by atoms with Gasteiger partial charge in [0.2, 0.25) is 0 Å². The highest BCUT2D eigenvalue weighted by Crippen LogP contribution is 2.32. The Bertz CT molecular complexity index is 1180. The molecule has 0 bridgehead atoms. The molecule has 148 valence electrons. The van der Waals surface area contributed by atoms with Crippen LogP contribution in [0.2, 0.25) is 0 Å². The second kappa shape index (κ2) is 7.03. The summed E-state index contributed by atoms with van der Waals surface area (Å²) in [6.07, 6.45) is 5.74. The first kappa shape index (κ1) is 17.9. The van der Waals surface area contributed by atoms with E-state index in [-0.39, 0.29) is 11.5 Å². The number of nitrogens with two attached hydrogens (primary N) is 1. The number of carbonyl (C=O) groups excluding carboxylic acids is 1. The monoisotopic (exact) mass is 388 g/mol. The van der Waals surface area contributed by atoms with Crippen LogP contribution in [0.3, 0.4) is 0 Å². The lowest BCUT2D eigenvalue weighted by Crippen LogP contribution is -2.35. The second-order valence-corrected chi connectivity index (χ2v) is 7.93. The molecule has 1 amide bonds. The molecule has 2 aromatic carbocycles. The molecular formula is C23H24N4O2. The highest BCUT2D eigenvalue weighted by atomic mass is 16.2. The third-order valence-electron chi connectivity index (χ3n) is 6.10. The largest absolute Gasteiger partial charge is 0.398 e. The number of aryl methyl sites for hydroxylation is 1. The normalized spacial score (nSPS) is 16.2. The van der Waals surface area contributed by atoms with Crippen LogP contribution in [-0.2, 0) is 19.4 Å². The van der Waals surface area contributed by atoms with Crippen LogP contribution in [0.15, 0.2) is 41.2 Å². The number of nitrogen functional groups attached to an aromatic ring is 1. The minimum atomic E-state index is -0.0738. The molecule has 3 heterocycles. The molecule has 0 atom stereocenters. The fourth-order valence-corrected chi connectivity index (χ4v) is 4.57. The summed E-state index contributed by atoms with van der Waals surface area (Å²) in [6, 6.07) is 11.0. The van der Waals surface area contributed by atoms with Crippen LogP contribution < -0.4 is 16.2 Å². The van der Waals surface area contributed by atoms with Crippen LogP contribution in [-0.4, -0.2) is 22.0 Å². The number of rotatable bonds is 1. The summed E-state index contributed by atoms with van der Waals surface area (Å²) in [5.41, 5.74) is 9.95. The van der Waals surface area contributed by atoms with Crippen molar-refractivity contribution in [1.29, 1.82) is 0 Å². The first-order valence-electron chi connectivity index (χ1n) is 10.4. The minimum Gasteiger partial charge on any atom is -0.398 e. The highest BCUT2D eigenvalue weighted by molar-refractivity contribution is 6.08. The molecule has 6 heteroatoms. The summed E-state index contributed by atoms with van der Waals surface area (Å²) in [4.78, 5) is 32.8. The maximum absolute atomic E-state index is 13.3. The maximum atomic E-state index is 13.3. The molecule has 29 heavy (non-hydrogen) atoms. The molecule has 3 aromatic rings. The zero-order valence-corrected chi connectivity index (χ0v) is 16.4. The number of carbonyl (C=O) groups is 1. The number of anilines is 2. The van der Waals surface area contributed by atoms with Gasteiger partial charge < -0.3 is 10.6 Å². The van der Waals surface area contributed by atoms with E-state index in [0.29, 0.717) is 23.0 Å². The summed E-state index contributed by atoms with van der Waals surface area (Å²) in [6.45, 7) is 1.39. The van der Waals surface area contributed by atoms with Crippen LogP contribution in [0.5, 0.6) is 0 Å². The molecule has 1 aromatic heterocycles. The number of hydrogen-bond acceptors (Lipinski definition) is 4. The SMILES string of the molecule is Nc1cccc2c1CCCN2C(=O)c1ccc2c(=O)n3c(nc2c1)CCCCC3. The number of hydrogen-bond donors (Lipinski definition) is 1. The van der Waals surface area contributed by atoms with Gasteiger partial charge in [0, 0.05) is 36.4 Å². The van der Waals surface area contributed by atoms with Gasteiger partial charge in [-0.05, 0) is 61.6 Å². The van der Waals surface area contributed by atoms with Crippen LogP contribution in [0, 0.1) is 0 Å². The van der Waals surface area contributed by atoms with Crippen LogP contribution in [0.4, 0.5) is 11.4 Å². The van der Waals surface area contributed by atoms with Crippen LogP contribution in [0.25, 0.3) is 10.9 Å². The van der Waals surface area contributed by atoms with E-state index >= 15 is 0 Å². The van der Waals surface area contributed by atoms with E-state index in [0.717, 1.165) is 67.8 Å². The zero-order valence-electron chi connectivity index (χ0n) is 16.4. The number of amides is 1. The number of nitrogens with zero attached hydrogens (tertiary/aromatic N) is 3. The first-order chi connectivity index (χ1) is 14.1. The Kier molecular flexibility index (Phi) is 4.34. The molecule has 0 radical (unpaired) electrons. The van der Waals surface area contributed by atoms with E-state index < -0.39 is 0 Å². The predicted molar refractivity (Wildman–Crippen MR) is 114 cm³/mol. The molecule has 5 rings (SSSR count). The molecule has 0 saturated heterocycles. The molecule has 0 fully saturated rings. The minimum absolute atomic E-state index is 0.00184. The number of benzene rings is 2. The van der Waals surface area contributed by atoms with Gasteiger partial charge in [0.25, 0.3) is 11.5 Å². The Balaban J connectivity index is 1.57. The third-order valence-corrected chi connectivity index (χ3v) is 6.10. The van der Waals surface area contributed by atoms with Gasteiger partial charge >= 0.3 is 0 Å². The van der Waals surface area contributed by atoms with Gasteiger partial charge in [-0.2, -0.15) is 0 Å². The van der Waals surface area contributed by atoms with Crippen molar-refractivity contribution in [2.75, 3.05) is 17.2 Å². The van der Waals surface area contributed by atoms with Crippen LogP contribution in [0.1, 0.15) is 47.4 Å². The second-order valence-electron chi connectivity index (χ2n) is 7.93. The van der Waals surface area contributed by atoms with Gasteiger partial charge in [-0.15, -0.1) is 0 Å². The molecule has 0 spiro atoms. The molecule has 2 aliphatic heterocycles. The summed E-state index contributed by atoms with van der Waals surface area (Å²) in [7, 11) is 0. The molecule has 0 aliphatic carbocycles. The van der Waals surface area contributed by atoms with E-state index in [2.05, 4.69) is 0 Å². The average Bonchev–Trinajstić information content (AvgIpc) is 2.99. The predicted octanol–water partition coefficient (Wildman–Crippen LogP) is 3.30. The molecule has 2 aliphatic rings. The van der Waals surface area contributed by atoms with Crippen molar-refractivity contribution in [1.82, 2.24) is 9.55 Å². The van der Waals surface area contributed by atoms with Crippen molar-refractivity contribution in [3.05, 3.63) is 63.7 Å². The maximum Gasteiger partial charge on any atom is 0.261 e. The van der Waals surface area contributed by atoms with Gasteiger partial charge in [0.05, 0.1) is 10.9 Å². The van der Waals surface area contributed by atoms with Crippen molar-refractivity contribution in [3.8, 4) is 0 Å². The van der Waals surface area contributed by atoms with Gasteiger partial charge in [-0.3, -0.25) is 14.2 Å². The smallest absolute Gasteiger partial charge is 0.261 e. The summed E-state index contributed by atoms with van der Waals surface area (Å²) in [5, 5.41) is 0.579. The Hall–Kier alpha value is -3.15. The lowest BCUT2D eigenvalue weighted by Gasteiger charge is -2.30. The molecule has 6 nitrogen and oxygen atoms in total. The Labute approximate surface area is 169 Å². The van der Waals surface area contributed by atoms with Crippen molar-refractivity contribution >= 4 is 28.2 Å². The van der Waals surface area contributed by atoms with Crippen molar-refractivity contribution in [2.45, 2.75) is 45.1 Å². The van der Waals surface area contributed by atoms with E-state index in [1.165, 1.54) is 0 Å². The van der Waals surface area contributed by atoms with Gasteiger partial charge in [-0.25, -0.2) is 4.98 Å². The molecule has 2 N–H and O–H groups in total. The Morgan fingerprint density at radius 3 is 2.79 bits per heavy atom. The fraction of sp³-hybridized carbons (Fsp3) is 0.348. The van der Waals surface area contributed by atoms with Crippen molar-refractivity contribution in [3.63, 3.8) is 0 Å². The summed E-state index contributed by atoms with van der Waals surface area (Å²) in [5.74, 6) is 0.760. The Morgan fingerprint density at radius 2 is 1.90 bits per heavy atom. The lowest BCUT2D eigenvalue weighted by molar-refractivity contribution is 0.0985. The fourth-order valence-electron chi connectivity index (χ4n) is 4.57. The summed E-state index contributed by atoms with van der Waals surface area (Å²) >= 11 is 0. The number of fused-ring (bicyclic) bond motifs is 3. The number of aromatic nitrogens is 2. The van der Waals surface area contributed by atoms with E-state index in [9.17, 15) is 9.59 Å². The van der Waals surface area contributed by atoms with E-state index in [1.54, 1.807) is 27.7 Å². The molecule has 0 unspecified atom stereocenters. The summed E-state index contributed by atoms with van der Waals surface area (Å²) < 4.78 is 1.81. The van der Waals surface area contributed by atoms with Gasteiger partial charge in [0.1, 0.15) is 5.82 Å². The van der Waals surface area contributed by atoms with Crippen molar-refractivity contribution in [2.24, 2.45) is 0 Å². The van der Waals surface area contributed by atoms with Gasteiger partial charge in [0.15, 0.2) is 0 Å². The zero-order chi connectivity index (χ0) is 20.0. The lowest BCUT2D eigenvalue weighted by atomic mass is 9.99. The van der Waals surface area contributed by atoms with Crippen LogP contribution >= 0.6 is 0 Å². The van der Waals surface area contributed by atoms with Crippen molar-refractivity contribution < 1.29 is 4.79 Å². The van der Waals surface area contributed by atoms with Gasteiger partial charge in [-0.1, -0.05) is 12.5 Å². The average molecular weight is 388 g/mol. The quantitative estimate of drug-likeness (QED) is 0.649. The standard InChI is InChI=1S/C23H24N4O2/c24-18-7-4-8-20-16(18)6-5-13-26(20)22(28)15-10-11-17-19(14-15)25-21-9-2-1-3-12-27(21)23(17)29/h4,7-8,10-11,14H,1-3,5-6,9,12-13,24H2. The first-order valence-corrected chi connectivity index (χ1v) is 10.4. The van der Waals surface area contributed by atoms with E-state index in [1.807, 2.05) is 18.2 Å². The highest BCUT2D eigenvalue weighted by Gasteiger charge is 2.25. The third kappa shape index (κ3) is 2.99. The topological polar surface area (TPSA) is 81.2 Å². The van der Waals surface area contributed by atoms with E-state index in [4.69, 9.17) is 10.7 Å². The Morgan fingerprint density at radius 1 is 1.00 bits per heavy atom.